The van der Waals surface area contributed by atoms with Crippen LogP contribution in [0, 0.1) is 0 Å². The molecule has 1 heterocycles. The standard InChI is InChI=1S/C10H19N3O/c1-5-7(3)13-10(14)9(11)8(6-2)12(13)4/h7H,5-6,11H2,1-4H3. The number of nitrogen functional groups attached to an aromatic ring is 1. The van der Waals surface area contributed by atoms with Crippen LogP contribution >= 0.6 is 0 Å². The molecule has 0 amide bonds. The van der Waals surface area contributed by atoms with E-state index in [0.717, 1.165) is 18.5 Å². The summed E-state index contributed by atoms with van der Waals surface area (Å²) < 4.78 is 3.61. The number of anilines is 1. The molecular weight excluding hydrogens is 178 g/mol. The Bertz CT molecular complexity index is 375. The number of hydrogen-bond donors (Lipinski definition) is 1. The summed E-state index contributed by atoms with van der Waals surface area (Å²) in [4.78, 5) is 11.8. The number of nitrogens with two attached hydrogens (primary N) is 1. The molecule has 0 saturated carbocycles. The van der Waals surface area contributed by atoms with Gasteiger partial charge in [0.15, 0.2) is 0 Å². The maximum atomic E-state index is 11.8. The van der Waals surface area contributed by atoms with Crippen LogP contribution in [0.5, 0.6) is 0 Å². The van der Waals surface area contributed by atoms with Crippen molar-refractivity contribution >= 4 is 5.69 Å². The van der Waals surface area contributed by atoms with Crippen LogP contribution in [-0.4, -0.2) is 9.36 Å². The highest BCUT2D eigenvalue weighted by molar-refractivity contribution is 5.41. The summed E-state index contributed by atoms with van der Waals surface area (Å²) in [6, 6.07) is 0.204. The lowest BCUT2D eigenvalue weighted by Gasteiger charge is -2.14. The van der Waals surface area contributed by atoms with Gasteiger partial charge in [0.2, 0.25) is 0 Å². The van der Waals surface area contributed by atoms with Crippen molar-refractivity contribution in [1.82, 2.24) is 9.36 Å². The first kappa shape index (κ1) is 10.9. The van der Waals surface area contributed by atoms with Gasteiger partial charge in [-0.1, -0.05) is 13.8 Å². The first-order valence-electron chi connectivity index (χ1n) is 5.10. The molecule has 0 aliphatic carbocycles. The molecule has 1 atom stereocenters. The van der Waals surface area contributed by atoms with Crippen LogP contribution in [0.2, 0.25) is 0 Å². The molecule has 80 valence electrons. The van der Waals surface area contributed by atoms with E-state index in [1.807, 2.05) is 25.6 Å². The van der Waals surface area contributed by atoms with Crippen molar-refractivity contribution in [1.29, 1.82) is 0 Å². The average molecular weight is 197 g/mol. The minimum atomic E-state index is -0.0568. The quantitative estimate of drug-likeness (QED) is 0.794. The highest BCUT2D eigenvalue weighted by Gasteiger charge is 2.16. The van der Waals surface area contributed by atoms with Gasteiger partial charge in [-0.3, -0.25) is 9.48 Å². The van der Waals surface area contributed by atoms with Crippen molar-refractivity contribution in [3.05, 3.63) is 16.0 Å². The Hall–Kier alpha value is -1.19. The molecular formula is C10H19N3O. The molecule has 0 bridgehead atoms. The second kappa shape index (κ2) is 3.90. The number of nitrogens with zero attached hydrogens (tertiary/aromatic N) is 2. The topological polar surface area (TPSA) is 53.0 Å². The monoisotopic (exact) mass is 197 g/mol. The maximum absolute atomic E-state index is 11.8. The summed E-state index contributed by atoms with van der Waals surface area (Å²) in [7, 11) is 1.89. The van der Waals surface area contributed by atoms with Crippen LogP contribution in [0.4, 0.5) is 5.69 Å². The highest BCUT2D eigenvalue weighted by Crippen LogP contribution is 2.13. The average Bonchev–Trinajstić information content (AvgIpc) is 2.38. The van der Waals surface area contributed by atoms with Gasteiger partial charge in [-0.2, -0.15) is 0 Å². The maximum Gasteiger partial charge on any atom is 0.290 e. The molecule has 1 unspecified atom stereocenters. The Morgan fingerprint density at radius 2 is 2.00 bits per heavy atom. The Morgan fingerprint density at radius 1 is 1.43 bits per heavy atom. The molecule has 4 nitrogen and oxygen atoms in total. The largest absolute Gasteiger partial charge is 0.393 e. The SMILES string of the molecule is CCc1c(N)c(=O)n(C(C)CC)n1C. The summed E-state index contributed by atoms with van der Waals surface area (Å²) in [5.41, 5.74) is 7.02. The Morgan fingerprint density at radius 3 is 2.36 bits per heavy atom. The van der Waals surface area contributed by atoms with Crippen molar-refractivity contribution in [2.45, 2.75) is 39.7 Å². The van der Waals surface area contributed by atoms with Gasteiger partial charge in [0.25, 0.3) is 5.56 Å². The third-order valence-electron chi connectivity index (χ3n) is 2.81. The fraction of sp³-hybridized carbons (Fsp3) is 0.700. The van der Waals surface area contributed by atoms with E-state index in [4.69, 9.17) is 5.73 Å². The second-order valence-electron chi connectivity index (χ2n) is 3.64. The fourth-order valence-electron chi connectivity index (χ4n) is 1.78. The zero-order valence-corrected chi connectivity index (χ0v) is 9.37. The van der Waals surface area contributed by atoms with E-state index in [1.54, 1.807) is 4.68 Å². The minimum Gasteiger partial charge on any atom is -0.393 e. The lowest BCUT2D eigenvalue weighted by Crippen LogP contribution is -2.25. The van der Waals surface area contributed by atoms with Crippen LogP contribution in [-0.2, 0) is 13.5 Å². The minimum absolute atomic E-state index is 0.0568. The highest BCUT2D eigenvalue weighted by atomic mass is 16.1. The van der Waals surface area contributed by atoms with Gasteiger partial charge in [-0.05, 0) is 19.8 Å². The molecule has 1 rings (SSSR count). The van der Waals surface area contributed by atoms with Crippen molar-refractivity contribution in [3.8, 4) is 0 Å². The normalized spacial score (nSPS) is 13.1. The smallest absolute Gasteiger partial charge is 0.290 e. The van der Waals surface area contributed by atoms with Crippen LogP contribution < -0.4 is 11.3 Å². The van der Waals surface area contributed by atoms with Gasteiger partial charge in [0, 0.05) is 7.05 Å². The molecule has 0 spiro atoms. The molecule has 0 saturated heterocycles. The molecule has 0 fully saturated rings. The van der Waals surface area contributed by atoms with Crippen LogP contribution in [0.15, 0.2) is 4.79 Å². The predicted octanol–water partition coefficient (Wildman–Crippen LogP) is 1.30. The zero-order chi connectivity index (χ0) is 10.9. The van der Waals surface area contributed by atoms with Gasteiger partial charge in [-0.15, -0.1) is 0 Å². The molecule has 14 heavy (non-hydrogen) atoms. The van der Waals surface area contributed by atoms with E-state index in [9.17, 15) is 4.79 Å². The molecule has 0 aliphatic rings. The summed E-state index contributed by atoms with van der Waals surface area (Å²) in [6.45, 7) is 6.10. The fourth-order valence-corrected chi connectivity index (χ4v) is 1.78. The number of hydrogen-bond acceptors (Lipinski definition) is 2. The van der Waals surface area contributed by atoms with Crippen LogP contribution in [0.25, 0.3) is 0 Å². The van der Waals surface area contributed by atoms with Crippen LogP contribution in [0.3, 0.4) is 0 Å². The molecule has 0 aliphatic heterocycles. The van der Waals surface area contributed by atoms with E-state index in [0.29, 0.717) is 5.69 Å². The third kappa shape index (κ3) is 1.45. The third-order valence-corrected chi connectivity index (χ3v) is 2.81. The zero-order valence-electron chi connectivity index (χ0n) is 9.37. The molecule has 1 aromatic heterocycles. The van der Waals surface area contributed by atoms with Crippen molar-refractivity contribution in [3.63, 3.8) is 0 Å². The second-order valence-corrected chi connectivity index (χ2v) is 3.64. The van der Waals surface area contributed by atoms with E-state index in [1.165, 1.54) is 0 Å². The van der Waals surface area contributed by atoms with Gasteiger partial charge in [0.1, 0.15) is 5.69 Å². The first-order valence-corrected chi connectivity index (χ1v) is 5.10. The van der Waals surface area contributed by atoms with E-state index < -0.39 is 0 Å². The number of rotatable bonds is 3. The lowest BCUT2D eigenvalue weighted by molar-refractivity contribution is 0.396. The Labute approximate surface area is 84.3 Å². The van der Waals surface area contributed by atoms with E-state index >= 15 is 0 Å². The number of aromatic nitrogens is 2. The predicted molar refractivity (Wildman–Crippen MR) is 58.5 cm³/mol. The Kier molecular flexibility index (Phi) is 3.03. The summed E-state index contributed by atoms with van der Waals surface area (Å²) in [5, 5.41) is 0. The van der Waals surface area contributed by atoms with Crippen molar-refractivity contribution in [2.75, 3.05) is 5.73 Å². The molecule has 1 aromatic rings. The summed E-state index contributed by atoms with van der Waals surface area (Å²) in [5.74, 6) is 0. The molecule has 4 heteroatoms. The Balaban J connectivity index is 3.38. The van der Waals surface area contributed by atoms with Crippen molar-refractivity contribution < 1.29 is 0 Å². The van der Waals surface area contributed by atoms with Gasteiger partial charge >= 0.3 is 0 Å². The van der Waals surface area contributed by atoms with Gasteiger partial charge in [-0.25, -0.2) is 4.68 Å². The lowest BCUT2D eigenvalue weighted by atomic mass is 10.3. The van der Waals surface area contributed by atoms with Crippen LogP contribution in [0.1, 0.15) is 38.9 Å². The van der Waals surface area contributed by atoms with Gasteiger partial charge in [0.05, 0.1) is 11.7 Å². The van der Waals surface area contributed by atoms with E-state index in [-0.39, 0.29) is 11.6 Å². The van der Waals surface area contributed by atoms with E-state index in [2.05, 4.69) is 6.92 Å². The first-order chi connectivity index (χ1) is 6.54. The molecule has 2 N–H and O–H groups in total. The van der Waals surface area contributed by atoms with Crippen molar-refractivity contribution in [2.24, 2.45) is 7.05 Å². The molecule has 0 radical (unpaired) electrons. The molecule has 0 aromatic carbocycles. The van der Waals surface area contributed by atoms with Gasteiger partial charge < -0.3 is 5.73 Å². The summed E-state index contributed by atoms with van der Waals surface area (Å²) >= 11 is 0. The summed E-state index contributed by atoms with van der Waals surface area (Å²) in [6.07, 6.45) is 1.72.